The molecular formula is C28H24F3NO5. The van der Waals surface area contributed by atoms with Gasteiger partial charge in [0.1, 0.15) is 18.1 Å². The summed E-state index contributed by atoms with van der Waals surface area (Å²) in [5.41, 5.74) is 1.06. The van der Waals surface area contributed by atoms with E-state index < -0.39 is 22.9 Å². The minimum atomic E-state index is -4.92. The third-order valence-electron chi connectivity index (χ3n) is 6.36. The van der Waals surface area contributed by atoms with Crippen LogP contribution in [0.3, 0.4) is 0 Å². The zero-order valence-corrected chi connectivity index (χ0v) is 20.4. The van der Waals surface area contributed by atoms with Crippen molar-refractivity contribution in [3.05, 3.63) is 87.3 Å². The van der Waals surface area contributed by atoms with Crippen LogP contribution in [0.2, 0.25) is 0 Å². The Kier molecular flexibility index (Phi) is 6.33. The average molecular weight is 511 g/mol. The van der Waals surface area contributed by atoms with Crippen LogP contribution in [0.25, 0.3) is 22.1 Å². The van der Waals surface area contributed by atoms with E-state index in [0.29, 0.717) is 23.6 Å². The molecule has 0 fully saturated rings. The first-order valence-corrected chi connectivity index (χ1v) is 11.5. The SMILES string of the molecule is COc1ccc(-c2c(C(F)(F)F)oc3c4c(ccc3c2=O)OCN(Cc2ccc(C)cc2)C4)cc1OC. The second-order valence-corrected chi connectivity index (χ2v) is 8.87. The summed E-state index contributed by atoms with van der Waals surface area (Å²) in [6.07, 6.45) is -4.92. The summed E-state index contributed by atoms with van der Waals surface area (Å²) in [6.45, 7) is 3.03. The maximum atomic E-state index is 14.3. The number of methoxy groups -OCH3 is 2. The van der Waals surface area contributed by atoms with Gasteiger partial charge in [0.05, 0.1) is 30.7 Å². The second kappa shape index (κ2) is 9.48. The number of rotatable bonds is 5. The number of alkyl halides is 3. The summed E-state index contributed by atoms with van der Waals surface area (Å²) in [5.74, 6) is -0.466. The summed E-state index contributed by atoms with van der Waals surface area (Å²) in [5, 5.41) is 0.0392. The van der Waals surface area contributed by atoms with Crippen molar-refractivity contribution < 1.29 is 31.8 Å². The van der Waals surface area contributed by atoms with Gasteiger partial charge in [0.2, 0.25) is 11.2 Å². The molecule has 4 aromatic rings. The molecule has 9 heteroatoms. The van der Waals surface area contributed by atoms with Gasteiger partial charge in [-0.3, -0.25) is 9.69 Å². The van der Waals surface area contributed by atoms with E-state index in [-0.39, 0.29) is 35.6 Å². The summed E-state index contributed by atoms with van der Waals surface area (Å²) >= 11 is 0. The molecule has 1 aliphatic rings. The number of aryl methyl sites for hydroxylation is 1. The van der Waals surface area contributed by atoms with Crippen molar-refractivity contribution in [3.63, 3.8) is 0 Å². The minimum Gasteiger partial charge on any atom is -0.493 e. The lowest BCUT2D eigenvalue weighted by Crippen LogP contribution is -2.32. The van der Waals surface area contributed by atoms with Gasteiger partial charge in [0.15, 0.2) is 11.5 Å². The number of halogens is 3. The molecule has 0 atom stereocenters. The predicted molar refractivity (Wildman–Crippen MR) is 132 cm³/mol. The van der Waals surface area contributed by atoms with Gasteiger partial charge in [0, 0.05) is 13.1 Å². The molecule has 0 aliphatic carbocycles. The molecule has 5 rings (SSSR count). The molecule has 0 amide bonds. The minimum absolute atomic E-state index is 0.00981. The van der Waals surface area contributed by atoms with Crippen molar-refractivity contribution >= 4 is 11.0 Å². The number of hydrogen-bond donors (Lipinski definition) is 0. The molecule has 0 unspecified atom stereocenters. The standard InChI is InChI=1S/C28H24F3NO5/c1-16-4-6-17(7-5-16)13-32-14-20-21(36-15-32)11-9-19-25(33)24(27(28(29,30)31)37-26(19)20)18-8-10-22(34-2)23(12-18)35-3/h4-12H,13-15H2,1-3H3. The van der Waals surface area contributed by atoms with E-state index in [4.69, 9.17) is 18.6 Å². The van der Waals surface area contributed by atoms with Crippen LogP contribution >= 0.6 is 0 Å². The predicted octanol–water partition coefficient (Wildman–Crippen LogP) is 6.16. The van der Waals surface area contributed by atoms with E-state index in [0.717, 1.165) is 11.1 Å². The van der Waals surface area contributed by atoms with Crippen LogP contribution in [0.1, 0.15) is 22.5 Å². The molecule has 37 heavy (non-hydrogen) atoms. The lowest BCUT2D eigenvalue weighted by Gasteiger charge is -2.29. The molecule has 0 radical (unpaired) electrons. The Bertz CT molecular complexity index is 1530. The Morgan fingerprint density at radius 2 is 1.70 bits per heavy atom. The number of benzene rings is 3. The van der Waals surface area contributed by atoms with Crippen molar-refractivity contribution in [3.8, 4) is 28.4 Å². The second-order valence-electron chi connectivity index (χ2n) is 8.87. The maximum Gasteiger partial charge on any atom is 0.450 e. The molecule has 1 aliphatic heterocycles. The Labute approximate surface area is 210 Å². The fourth-order valence-corrected chi connectivity index (χ4v) is 4.52. The molecule has 3 aromatic carbocycles. The number of nitrogens with zero attached hydrogens (tertiary/aromatic N) is 1. The van der Waals surface area contributed by atoms with Crippen molar-refractivity contribution in [2.75, 3.05) is 21.0 Å². The number of ether oxygens (including phenoxy) is 3. The van der Waals surface area contributed by atoms with Gasteiger partial charge in [-0.2, -0.15) is 13.2 Å². The van der Waals surface area contributed by atoms with E-state index in [1.54, 1.807) is 6.07 Å². The third-order valence-corrected chi connectivity index (χ3v) is 6.36. The van der Waals surface area contributed by atoms with Gasteiger partial charge in [-0.05, 0) is 42.3 Å². The topological polar surface area (TPSA) is 61.1 Å². The van der Waals surface area contributed by atoms with E-state index in [1.807, 2.05) is 36.1 Å². The van der Waals surface area contributed by atoms with Gasteiger partial charge in [-0.25, -0.2) is 0 Å². The Hall–Kier alpha value is -3.98. The van der Waals surface area contributed by atoms with Gasteiger partial charge in [-0.15, -0.1) is 0 Å². The smallest absolute Gasteiger partial charge is 0.450 e. The fourth-order valence-electron chi connectivity index (χ4n) is 4.52. The summed E-state index contributed by atoms with van der Waals surface area (Å²) in [6, 6.07) is 15.2. The summed E-state index contributed by atoms with van der Waals surface area (Å²) < 4.78 is 64.6. The van der Waals surface area contributed by atoms with Crippen molar-refractivity contribution in [2.24, 2.45) is 0 Å². The Morgan fingerprint density at radius 1 is 0.973 bits per heavy atom. The lowest BCUT2D eigenvalue weighted by molar-refractivity contribution is -0.152. The molecule has 0 bridgehead atoms. The van der Waals surface area contributed by atoms with E-state index in [2.05, 4.69) is 0 Å². The van der Waals surface area contributed by atoms with Crippen LogP contribution in [0.5, 0.6) is 17.2 Å². The Balaban J connectivity index is 1.64. The highest BCUT2D eigenvalue weighted by Gasteiger charge is 2.40. The molecule has 192 valence electrons. The number of fused-ring (bicyclic) bond motifs is 3. The maximum absolute atomic E-state index is 14.3. The number of hydrogen-bond acceptors (Lipinski definition) is 6. The zero-order chi connectivity index (χ0) is 26.3. The molecule has 0 saturated carbocycles. The fraction of sp³-hybridized carbons (Fsp3) is 0.250. The van der Waals surface area contributed by atoms with E-state index in [1.165, 1.54) is 38.5 Å². The molecule has 0 N–H and O–H groups in total. The first-order valence-electron chi connectivity index (χ1n) is 11.5. The quantitative estimate of drug-likeness (QED) is 0.320. The average Bonchev–Trinajstić information content (AvgIpc) is 2.88. The van der Waals surface area contributed by atoms with Crippen LogP contribution < -0.4 is 19.6 Å². The first kappa shape index (κ1) is 24.7. The highest BCUT2D eigenvalue weighted by atomic mass is 19.4. The van der Waals surface area contributed by atoms with E-state index in [9.17, 15) is 18.0 Å². The van der Waals surface area contributed by atoms with Crippen LogP contribution in [0.4, 0.5) is 13.2 Å². The molecule has 0 saturated heterocycles. The highest BCUT2D eigenvalue weighted by molar-refractivity contribution is 5.87. The zero-order valence-electron chi connectivity index (χ0n) is 20.4. The summed E-state index contributed by atoms with van der Waals surface area (Å²) in [4.78, 5) is 15.5. The molecule has 6 nitrogen and oxygen atoms in total. The largest absolute Gasteiger partial charge is 0.493 e. The Morgan fingerprint density at radius 3 is 2.38 bits per heavy atom. The molecule has 2 heterocycles. The monoisotopic (exact) mass is 511 g/mol. The van der Waals surface area contributed by atoms with Crippen LogP contribution in [-0.2, 0) is 19.3 Å². The van der Waals surface area contributed by atoms with Crippen molar-refractivity contribution in [1.29, 1.82) is 0 Å². The van der Waals surface area contributed by atoms with Gasteiger partial charge >= 0.3 is 6.18 Å². The van der Waals surface area contributed by atoms with Crippen LogP contribution in [0, 0.1) is 6.92 Å². The normalized spacial score (nSPS) is 13.8. The summed E-state index contributed by atoms with van der Waals surface area (Å²) in [7, 11) is 2.78. The van der Waals surface area contributed by atoms with Crippen molar-refractivity contribution in [2.45, 2.75) is 26.2 Å². The van der Waals surface area contributed by atoms with Crippen molar-refractivity contribution in [1.82, 2.24) is 4.90 Å². The molecular weight excluding hydrogens is 487 g/mol. The van der Waals surface area contributed by atoms with E-state index >= 15 is 0 Å². The van der Waals surface area contributed by atoms with Crippen LogP contribution in [-0.4, -0.2) is 25.9 Å². The molecule has 1 aromatic heterocycles. The van der Waals surface area contributed by atoms with Gasteiger partial charge < -0.3 is 18.6 Å². The third kappa shape index (κ3) is 4.62. The highest BCUT2D eigenvalue weighted by Crippen LogP contribution is 2.42. The van der Waals surface area contributed by atoms with Gasteiger partial charge in [-0.1, -0.05) is 35.9 Å². The van der Waals surface area contributed by atoms with Gasteiger partial charge in [0.25, 0.3) is 0 Å². The lowest BCUT2D eigenvalue weighted by atomic mass is 9.99. The van der Waals surface area contributed by atoms with Crippen LogP contribution in [0.15, 0.2) is 63.8 Å². The first-order chi connectivity index (χ1) is 17.7. The molecule has 0 spiro atoms.